The average molecular weight is 578 g/mol. The Morgan fingerprint density at radius 3 is 2.21 bits per heavy atom. The van der Waals surface area contributed by atoms with E-state index in [1.165, 1.54) is 0 Å². The molecule has 0 radical (unpaired) electrons. The Kier molecular flexibility index (Phi) is 11.4. The van der Waals surface area contributed by atoms with Crippen LogP contribution in [0.25, 0.3) is 21.5 Å². The first-order valence-corrected chi connectivity index (χ1v) is 14.6. The second-order valence-electron chi connectivity index (χ2n) is 10.7. The summed E-state index contributed by atoms with van der Waals surface area (Å²) in [4.78, 5) is 44.0. The summed E-state index contributed by atoms with van der Waals surface area (Å²) in [6, 6.07) is 18.0. The van der Waals surface area contributed by atoms with Crippen LogP contribution < -0.4 is 0 Å². The standard InChI is InChI=1S/C33H39NO8/c1-3-23(32(37)41-21-27-20-40-27)17-26(33(38)39-15-9-8-14-35)16-22(2)31(36)42-34-19-30-28-12-6-4-10-24(28)18-25-11-5-7-13-29(25)30/h4-7,10-13,18-19,22-23,26-27,35H,3,8-9,14-17,20-21H2,1-2H3/b34-19+. The molecule has 3 aromatic rings. The van der Waals surface area contributed by atoms with E-state index in [-0.39, 0.29) is 38.8 Å². The summed E-state index contributed by atoms with van der Waals surface area (Å²) in [5, 5.41) is 17.1. The Morgan fingerprint density at radius 2 is 1.60 bits per heavy atom. The lowest BCUT2D eigenvalue weighted by Crippen LogP contribution is -2.29. The van der Waals surface area contributed by atoms with Gasteiger partial charge in [0, 0.05) is 12.2 Å². The number of unbranched alkanes of at least 4 members (excludes halogenated alkanes) is 1. The number of rotatable bonds is 16. The van der Waals surface area contributed by atoms with Crippen molar-refractivity contribution in [2.24, 2.45) is 22.9 Å². The summed E-state index contributed by atoms with van der Waals surface area (Å²) in [5.41, 5.74) is 0.842. The molecule has 9 nitrogen and oxygen atoms in total. The third-order valence-corrected chi connectivity index (χ3v) is 7.52. The van der Waals surface area contributed by atoms with Gasteiger partial charge in [-0.2, -0.15) is 0 Å². The first kappa shape index (κ1) is 31.1. The van der Waals surface area contributed by atoms with Crippen molar-refractivity contribution in [1.29, 1.82) is 0 Å². The number of oxime groups is 1. The molecule has 0 spiro atoms. The molecule has 42 heavy (non-hydrogen) atoms. The average Bonchev–Trinajstić information content (AvgIpc) is 3.84. The van der Waals surface area contributed by atoms with Crippen molar-refractivity contribution in [2.75, 3.05) is 26.4 Å². The van der Waals surface area contributed by atoms with E-state index in [4.69, 9.17) is 24.2 Å². The number of hydrogen-bond acceptors (Lipinski definition) is 9. The van der Waals surface area contributed by atoms with Crippen LogP contribution in [-0.2, 0) is 33.4 Å². The highest BCUT2D eigenvalue weighted by Crippen LogP contribution is 2.28. The SMILES string of the molecule is CCC(CC(CC(C)C(=O)O/N=C/c1c2ccccc2cc2ccccc12)C(=O)OCCCCO)C(=O)OCC1CO1. The van der Waals surface area contributed by atoms with Crippen LogP contribution >= 0.6 is 0 Å². The smallest absolute Gasteiger partial charge is 0.337 e. The zero-order valence-corrected chi connectivity index (χ0v) is 24.2. The van der Waals surface area contributed by atoms with Crippen LogP contribution in [0.1, 0.15) is 51.5 Å². The van der Waals surface area contributed by atoms with Crippen molar-refractivity contribution < 1.29 is 38.5 Å². The van der Waals surface area contributed by atoms with Crippen molar-refractivity contribution in [2.45, 2.75) is 52.1 Å². The van der Waals surface area contributed by atoms with Gasteiger partial charge in [0.05, 0.1) is 37.2 Å². The van der Waals surface area contributed by atoms with Crippen molar-refractivity contribution in [3.63, 3.8) is 0 Å². The van der Waals surface area contributed by atoms with Gasteiger partial charge in [0.1, 0.15) is 12.7 Å². The summed E-state index contributed by atoms with van der Waals surface area (Å²) < 4.78 is 15.9. The van der Waals surface area contributed by atoms with Gasteiger partial charge < -0.3 is 24.2 Å². The zero-order chi connectivity index (χ0) is 29.9. The number of nitrogens with zero attached hydrogens (tertiary/aromatic N) is 1. The molecule has 0 amide bonds. The molecule has 1 saturated heterocycles. The van der Waals surface area contributed by atoms with Gasteiger partial charge in [-0.1, -0.05) is 67.5 Å². The molecule has 1 aliphatic heterocycles. The number of carbonyl (C=O) groups is 3. The minimum absolute atomic E-state index is 0.00734. The van der Waals surface area contributed by atoms with Gasteiger partial charge in [-0.25, -0.2) is 4.79 Å². The number of benzene rings is 3. The lowest BCUT2D eigenvalue weighted by atomic mass is 9.86. The molecule has 0 aliphatic carbocycles. The Bertz CT molecular complexity index is 1350. The minimum Gasteiger partial charge on any atom is -0.465 e. The second kappa shape index (κ2) is 15.4. The number of hydrogen-bond donors (Lipinski definition) is 1. The molecular weight excluding hydrogens is 538 g/mol. The van der Waals surface area contributed by atoms with Crippen LogP contribution in [0.3, 0.4) is 0 Å². The maximum absolute atomic E-state index is 13.0. The maximum Gasteiger partial charge on any atom is 0.337 e. The van der Waals surface area contributed by atoms with E-state index in [0.29, 0.717) is 25.9 Å². The number of fused-ring (bicyclic) bond motifs is 2. The number of epoxide rings is 1. The summed E-state index contributed by atoms with van der Waals surface area (Å²) in [6.45, 7) is 4.45. The van der Waals surface area contributed by atoms with Crippen LogP contribution in [0.15, 0.2) is 59.8 Å². The Labute approximate surface area is 245 Å². The van der Waals surface area contributed by atoms with E-state index >= 15 is 0 Å². The predicted octanol–water partition coefficient (Wildman–Crippen LogP) is 5.19. The van der Waals surface area contributed by atoms with Crippen molar-refractivity contribution in [3.8, 4) is 0 Å². The topological polar surface area (TPSA) is 124 Å². The largest absolute Gasteiger partial charge is 0.465 e. The number of aliphatic hydroxyl groups excluding tert-OH is 1. The molecule has 1 aliphatic rings. The molecule has 4 atom stereocenters. The fourth-order valence-corrected chi connectivity index (χ4v) is 4.96. The number of aliphatic hydroxyl groups is 1. The lowest BCUT2D eigenvalue weighted by Gasteiger charge is -2.22. The third kappa shape index (κ3) is 8.59. The molecule has 1 N–H and O–H groups in total. The highest BCUT2D eigenvalue weighted by Gasteiger charge is 2.33. The van der Waals surface area contributed by atoms with E-state index in [0.717, 1.165) is 27.1 Å². The highest BCUT2D eigenvalue weighted by molar-refractivity contribution is 6.13. The number of esters is 2. The lowest BCUT2D eigenvalue weighted by molar-refractivity contribution is -0.155. The van der Waals surface area contributed by atoms with Crippen LogP contribution in [0.2, 0.25) is 0 Å². The molecule has 3 aromatic carbocycles. The third-order valence-electron chi connectivity index (χ3n) is 7.52. The molecule has 4 unspecified atom stereocenters. The van der Waals surface area contributed by atoms with E-state index in [9.17, 15) is 14.4 Å². The summed E-state index contributed by atoms with van der Waals surface area (Å²) in [6.07, 6.45) is 3.31. The predicted molar refractivity (Wildman–Crippen MR) is 159 cm³/mol. The van der Waals surface area contributed by atoms with Crippen molar-refractivity contribution in [3.05, 3.63) is 60.2 Å². The molecular formula is C33H39NO8. The van der Waals surface area contributed by atoms with Gasteiger partial charge in [0.2, 0.25) is 0 Å². The normalized spacial score (nSPS) is 16.7. The molecule has 4 rings (SSSR count). The zero-order valence-electron chi connectivity index (χ0n) is 24.2. The van der Waals surface area contributed by atoms with Crippen LogP contribution in [0, 0.1) is 17.8 Å². The Hall–Kier alpha value is -3.82. The first-order valence-electron chi connectivity index (χ1n) is 14.6. The molecule has 0 aromatic heterocycles. The van der Waals surface area contributed by atoms with Crippen LogP contribution in [-0.4, -0.2) is 61.8 Å². The van der Waals surface area contributed by atoms with E-state index < -0.39 is 35.7 Å². The molecule has 1 heterocycles. The number of carbonyl (C=O) groups excluding carboxylic acids is 3. The Balaban J connectivity index is 1.43. The van der Waals surface area contributed by atoms with Gasteiger partial charge in [-0.05, 0) is 59.7 Å². The first-order chi connectivity index (χ1) is 20.4. The number of ether oxygens (including phenoxy) is 3. The van der Waals surface area contributed by atoms with Gasteiger partial charge in [0.15, 0.2) is 0 Å². The highest BCUT2D eigenvalue weighted by atomic mass is 16.7. The van der Waals surface area contributed by atoms with Crippen LogP contribution in [0.5, 0.6) is 0 Å². The fourth-order valence-electron chi connectivity index (χ4n) is 4.96. The van der Waals surface area contributed by atoms with Gasteiger partial charge >= 0.3 is 17.9 Å². The van der Waals surface area contributed by atoms with Gasteiger partial charge in [-0.3, -0.25) is 9.59 Å². The Morgan fingerprint density at radius 1 is 0.952 bits per heavy atom. The second-order valence-corrected chi connectivity index (χ2v) is 10.7. The van der Waals surface area contributed by atoms with Gasteiger partial charge in [0.25, 0.3) is 0 Å². The van der Waals surface area contributed by atoms with E-state index in [1.807, 2.05) is 55.5 Å². The molecule has 9 heteroatoms. The van der Waals surface area contributed by atoms with E-state index in [2.05, 4.69) is 11.2 Å². The molecule has 0 saturated carbocycles. The molecule has 1 fully saturated rings. The summed E-state index contributed by atoms with van der Waals surface area (Å²) in [7, 11) is 0. The van der Waals surface area contributed by atoms with Gasteiger partial charge in [-0.15, -0.1) is 0 Å². The van der Waals surface area contributed by atoms with Crippen molar-refractivity contribution in [1.82, 2.24) is 0 Å². The van der Waals surface area contributed by atoms with E-state index in [1.54, 1.807) is 13.1 Å². The van der Waals surface area contributed by atoms with Crippen LogP contribution in [0.4, 0.5) is 0 Å². The monoisotopic (exact) mass is 577 g/mol. The summed E-state index contributed by atoms with van der Waals surface area (Å²) >= 11 is 0. The van der Waals surface area contributed by atoms with Crippen molar-refractivity contribution >= 4 is 45.7 Å². The minimum atomic E-state index is -0.720. The molecule has 224 valence electrons. The maximum atomic E-state index is 13.0. The fraction of sp³-hybridized carbons (Fsp3) is 0.455. The molecule has 0 bridgehead atoms. The summed E-state index contributed by atoms with van der Waals surface area (Å²) in [5.74, 6) is -3.41. The quantitative estimate of drug-likeness (QED) is 0.0469.